The number of rotatable bonds is 8. The first-order valence-corrected chi connectivity index (χ1v) is 11.1. The number of hydrogen-bond acceptors (Lipinski definition) is 5. The lowest BCUT2D eigenvalue weighted by Gasteiger charge is -2.30. The Labute approximate surface area is 182 Å². The van der Waals surface area contributed by atoms with Gasteiger partial charge >= 0.3 is 0 Å². The fraction of sp³-hybridized carbons (Fsp3) is 0.375. The fourth-order valence-electron chi connectivity index (χ4n) is 3.57. The van der Waals surface area contributed by atoms with Gasteiger partial charge in [-0.25, -0.2) is 4.98 Å². The van der Waals surface area contributed by atoms with E-state index in [4.69, 9.17) is 0 Å². The van der Waals surface area contributed by atoms with Crippen molar-refractivity contribution in [2.45, 2.75) is 46.7 Å². The van der Waals surface area contributed by atoms with Gasteiger partial charge in [-0.1, -0.05) is 18.2 Å². The highest BCUT2D eigenvalue weighted by molar-refractivity contribution is 7.21. The summed E-state index contributed by atoms with van der Waals surface area (Å²) < 4.78 is 0.955. The molecule has 1 aromatic heterocycles. The average molecular weight is 424 g/mol. The first-order chi connectivity index (χ1) is 14.3. The monoisotopic (exact) mass is 423 g/mol. The molecule has 0 fully saturated rings. The molecule has 0 radical (unpaired) electrons. The number of carbonyl (C=O) groups excluding carboxylic acids is 2. The highest BCUT2D eigenvalue weighted by atomic mass is 32.1. The molecule has 0 atom stereocenters. The van der Waals surface area contributed by atoms with E-state index in [2.05, 4.69) is 42.9 Å². The zero-order valence-corrected chi connectivity index (χ0v) is 19.0. The van der Waals surface area contributed by atoms with Crippen LogP contribution in [-0.2, 0) is 0 Å². The fourth-order valence-corrected chi connectivity index (χ4v) is 4.58. The van der Waals surface area contributed by atoms with Gasteiger partial charge in [-0.15, -0.1) is 11.3 Å². The van der Waals surface area contributed by atoms with Gasteiger partial charge < -0.3 is 5.32 Å². The summed E-state index contributed by atoms with van der Waals surface area (Å²) in [7, 11) is 0. The van der Waals surface area contributed by atoms with Crippen molar-refractivity contribution in [3.63, 3.8) is 0 Å². The van der Waals surface area contributed by atoms with Crippen molar-refractivity contribution in [1.29, 1.82) is 0 Å². The van der Waals surface area contributed by atoms with Gasteiger partial charge in [0, 0.05) is 41.9 Å². The summed E-state index contributed by atoms with van der Waals surface area (Å²) in [5.41, 5.74) is 3.07. The summed E-state index contributed by atoms with van der Waals surface area (Å²) in [6.07, 6.45) is 0. The Morgan fingerprint density at radius 1 is 1.03 bits per heavy atom. The SMILES string of the molecule is CC(=O)c1cccc(-c2nc3ccc(C(=O)NCCN(C(C)C)C(C)C)cc3s2)c1. The van der Waals surface area contributed by atoms with Crippen molar-refractivity contribution in [2.75, 3.05) is 13.1 Å². The number of ketones is 1. The second-order valence-electron chi connectivity index (χ2n) is 8.02. The Morgan fingerprint density at radius 3 is 2.43 bits per heavy atom. The summed E-state index contributed by atoms with van der Waals surface area (Å²) in [4.78, 5) is 31.3. The number of aromatic nitrogens is 1. The molecule has 0 aliphatic carbocycles. The van der Waals surface area contributed by atoms with Crippen LogP contribution in [-0.4, -0.2) is 46.7 Å². The van der Waals surface area contributed by atoms with Crippen molar-refractivity contribution in [1.82, 2.24) is 15.2 Å². The lowest BCUT2D eigenvalue weighted by molar-refractivity contribution is 0.0938. The van der Waals surface area contributed by atoms with E-state index in [9.17, 15) is 9.59 Å². The van der Waals surface area contributed by atoms with E-state index >= 15 is 0 Å². The van der Waals surface area contributed by atoms with E-state index in [1.807, 2.05) is 36.4 Å². The van der Waals surface area contributed by atoms with E-state index in [0.717, 1.165) is 27.3 Å². The summed E-state index contributed by atoms with van der Waals surface area (Å²) in [5.74, 6) is -0.0386. The Hall–Kier alpha value is -2.57. The second kappa shape index (κ2) is 9.49. The Kier molecular flexibility index (Phi) is 7.00. The third-order valence-electron chi connectivity index (χ3n) is 5.15. The molecule has 0 aliphatic heterocycles. The summed E-state index contributed by atoms with van der Waals surface area (Å²) in [6.45, 7) is 11.7. The first kappa shape index (κ1) is 22.1. The molecule has 0 unspecified atom stereocenters. The lowest BCUT2D eigenvalue weighted by Crippen LogP contribution is -2.42. The molecule has 0 bridgehead atoms. The number of fused-ring (bicyclic) bond motifs is 1. The summed E-state index contributed by atoms with van der Waals surface area (Å²) >= 11 is 1.53. The van der Waals surface area contributed by atoms with Gasteiger partial charge in [0.1, 0.15) is 5.01 Å². The number of thiazole rings is 1. The number of amides is 1. The van der Waals surface area contributed by atoms with E-state index in [1.165, 1.54) is 11.3 Å². The molecule has 0 spiro atoms. The molecule has 3 aromatic rings. The topological polar surface area (TPSA) is 62.3 Å². The van der Waals surface area contributed by atoms with Gasteiger partial charge in [0.05, 0.1) is 10.2 Å². The maximum Gasteiger partial charge on any atom is 0.251 e. The third-order valence-corrected chi connectivity index (χ3v) is 6.22. The van der Waals surface area contributed by atoms with Gasteiger partial charge in [0.25, 0.3) is 5.91 Å². The second-order valence-corrected chi connectivity index (χ2v) is 9.05. The third kappa shape index (κ3) is 5.12. The molecule has 0 saturated heterocycles. The van der Waals surface area contributed by atoms with Crippen LogP contribution in [0.4, 0.5) is 0 Å². The largest absolute Gasteiger partial charge is 0.351 e. The minimum absolute atomic E-state index is 0.0328. The van der Waals surface area contributed by atoms with E-state index in [1.54, 1.807) is 13.0 Å². The average Bonchev–Trinajstić information content (AvgIpc) is 3.14. The van der Waals surface area contributed by atoms with Gasteiger partial charge in [-0.3, -0.25) is 14.5 Å². The predicted octanol–water partition coefficient (Wildman–Crippen LogP) is 5.01. The molecule has 158 valence electrons. The minimum Gasteiger partial charge on any atom is -0.351 e. The molecule has 1 amide bonds. The number of hydrogen-bond donors (Lipinski definition) is 1. The zero-order valence-electron chi connectivity index (χ0n) is 18.2. The minimum atomic E-state index is -0.0714. The standard InChI is InChI=1S/C24H29N3O2S/c1-15(2)27(16(3)4)12-11-25-23(29)19-9-10-21-22(14-19)30-24(26-21)20-8-6-7-18(13-20)17(5)28/h6-10,13-16H,11-12H2,1-5H3,(H,25,29). The molecule has 30 heavy (non-hydrogen) atoms. The highest BCUT2D eigenvalue weighted by Crippen LogP contribution is 2.31. The molecule has 5 nitrogen and oxygen atoms in total. The number of nitrogens with zero attached hydrogens (tertiary/aromatic N) is 2. The molecule has 0 aliphatic rings. The van der Waals surface area contributed by atoms with Crippen molar-refractivity contribution >= 4 is 33.2 Å². The first-order valence-electron chi connectivity index (χ1n) is 10.3. The van der Waals surface area contributed by atoms with E-state index < -0.39 is 0 Å². The molecule has 2 aromatic carbocycles. The zero-order chi connectivity index (χ0) is 21.8. The quantitative estimate of drug-likeness (QED) is 0.517. The number of carbonyl (C=O) groups is 2. The maximum absolute atomic E-state index is 12.6. The van der Waals surface area contributed by atoms with Gasteiger partial charge in [0.2, 0.25) is 0 Å². The van der Waals surface area contributed by atoms with Crippen molar-refractivity contribution in [3.8, 4) is 10.6 Å². The van der Waals surface area contributed by atoms with Crippen LogP contribution in [0.15, 0.2) is 42.5 Å². The maximum atomic E-state index is 12.6. The van der Waals surface area contributed by atoms with Crippen LogP contribution >= 0.6 is 11.3 Å². The van der Waals surface area contributed by atoms with Crippen LogP contribution in [0.3, 0.4) is 0 Å². The smallest absolute Gasteiger partial charge is 0.251 e. The molecule has 1 N–H and O–H groups in total. The van der Waals surface area contributed by atoms with Crippen molar-refractivity contribution in [3.05, 3.63) is 53.6 Å². The Morgan fingerprint density at radius 2 is 1.77 bits per heavy atom. The molecule has 3 rings (SSSR count). The van der Waals surface area contributed by atoms with Crippen LogP contribution in [0.2, 0.25) is 0 Å². The van der Waals surface area contributed by atoms with Crippen LogP contribution in [0.5, 0.6) is 0 Å². The predicted molar refractivity (Wildman–Crippen MR) is 124 cm³/mol. The molecule has 6 heteroatoms. The van der Waals surface area contributed by atoms with Crippen LogP contribution in [0.25, 0.3) is 20.8 Å². The Balaban J connectivity index is 1.73. The van der Waals surface area contributed by atoms with Crippen LogP contribution < -0.4 is 5.32 Å². The lowest BCUT2D eigenvalue weighted by atomic mass is 10.1. The molecule has 0 saturated carbocycles. The van der Waals surface area contributed by atoms with E-state index in [-0.39, 0.29) is 11.7 Å². The summed E-state index contributed by atoms with van der Waals surface area (Å²) in [5, 5.41) is 3.87. The van der Waals surface area contributed by atoms with Crippen molar-refractivity contribution < 1.29 is 9.59 Å². The number of nitrogens with one attached hydrogen (secondary N) is 1. The van der Waals surface area contributed by atoms with Crippen LogP contribution in [0.1, 0.15) is 55.3 Å². The summed E-state index contributed by atoms with van der Waals surface area (Å²) in [6, 6.07) is 14.0. The van der Waals surface area contributed by atoms with Crippen LogP contribution in [0, 0.1) is 0 Å². The highest BCUT2D eigenvalue weighted by Gasteiger charge is 2.15. The van der Waals surface area contributed by atoms with Gasteiger partial charge in [-0.05, 0) is 58.9 Å². The molecular formula is C24H29N3O2S. The normalized spacial score (nSPS) is 11.6. The van der Waals surface area contributed by atoms with Gasteiger partial charge in [0.15, 0.2) is 5.78 Å². The number of Topliss-reactive ketones (excluding diaryl/α,β-unsaturated/α-hetero) is 1. The van der Waals surface area contributed by atoms with Gasteiger partial charge in [-0.2, -0.15) is 0 Å². The number of benzene rings is 2. The molecular weight excluding hydrogens is 394 g/mol. The Bertz CT molecular complexity index is 1050. The van der Waals surface area contributed by atoms with Crippen molar-refractivity contribution in [2.24, 2.45) is 0 Å². The van der Waals surface area contributed by atoms with E-state index in [0.29, 0.717) is 29.8 Å². The molecule has 1 heterocycles.